The summed E-state index contributed by atoms with van der Waals surface area (Å²) in [7, 11) is 0. The Bertz CT molecular complexity index is 834. The molecular weight excluding hydrogens is 404 g/mol. The molecule has 0 radical (unpaired) electrons. The number of hydrogen-bond donors (Lipinski definition) is 0. The predicted octanol–water partition coefficient (Wildman–Crippen LogP) is 3.46. The fourth-order valence-electron chi connectivity index (χ4n) is 3.22. The highest BCUT2D eigenvalue weighted by Gasteiger charge is 2.72. The van der Waals surface area contributed by atoms with Gasteiger partial charge >= 0.3 is 12.4 Å². The topological polar surface area (TPSA) is 63.9 Å². The van der Waals surface area contributed by atoms with Crippen LogP contribution in [0.3, 0.4) is 0 Å². The van der Waals surface area contributed by atoms with Crippen molar-refractivity contribution < 1.29 is 31.1 Å². The maximum atomic E-state index is 13.1. The van der Waals surface area contributed by atoms with Crippen molar-refractivity contribution in [3.8, 4) is 11.4 Å². The van der Waals surface area contributed by atoms with E-state index in [0.717, 1.165) is 5.56 Å². The Balaban J connectivity index is 1.55. The summed E-state index contributed by atoms with van der Waals surface area (Å²) in [6.07, 6.45) is -12.2. The second-order valence-electron chi connectivity index (χ2n) is 6.82. The van der Waals surface area contributed by atoms with E-state index < -0.39 is 43.2 Å². The number of nitrogens with zero attached hydrogens (tertiary/aromatic N) is 5. The number of benzene rings is 1. The van der Waals surface area contributed by atoms with Crippen LogP contribution in [-0.4, -0.2) is 56.5 Å². The number of hydrogen-bond acceptors (Lipinski definition) is 4. The summed E-state index contributed by atoms with van der Waals surface area (Å²) in [5.74, 6) is -0.389. The lowest BCUT2D eigenvalue weighted by molar-refractivity contribution is -0.334. The van der Waals surface area contributed by atoms with E-state index in [0.29, 0.717) is 10.7 Å². The van der Waals surface area contributed by atoms with Gasteiger partial charge < -0.3 is 4.90 Å². The lowest BCUT2D eigenvalue weighted by atomic mass is 9.85. The number of tetrazole rings is 1. The average Bonchev–Trinajstić information content (AvgIpc) is 3.29. The van der Waals surface area contributed by atoms with Gasteiger partial charge in [0.05, 0.1) is 6.54 Å². The van der Waals surface area contributed by atoms with Crippen molar-refractivity contribution in [3.05, 3.63) is 30.3 Å². The summed E-state index contributed by atoms with van der Waals surface area (Å²) in [6, 6.07) is 8.99. The Morgan fingerprint density at radius 2 is 1.72 bits per heavy atom. The molecule has 12 heteroatoms. The third-order valence-corrected chi connectivity index (χ3v) is 4.94. The van der Waals surface area contributed by atoms with Crippen LogP contribution in [0, 0.1) is 5.41 Å². The molecule has 3 rings (SSSR count). The normalized spacial score (nSPS) is 17.0. The monoisotopic (exact) mass is 421 g/mol. The van der Waals surface area contributed by atoms with Crippen molar-refractivity contribution in [1.29, 1.82) is 0 Å². The van der Waals surface area contributed by atoms with Crippen LogP contribution in [-0.2, 0) is 11.3 Å². The summed E-state index contributed by atoms with van der Waals surface area (Å²) in [4.78, 5) is 14.0. The van der Waals surface area contributed by atoms with Crippen molar-refractivity contribution in [2.45, 2.75) is 38.2 Å². The summed E-state index contributed by atoms with van der Waals surface area (Å²) in [5, 5.41) is 11.8. The van der Waals surface area contributed by atoms with Crippen LogP contribution in [0.1, 0.15) is 19.3 Å². The summed E-state index contributed by atoms with van der Waals surface area (Å²) in [5.41, 5.74) is -3.13. The third-order valence-electron chi connectivity index (χ3n) is 4.94. The van der Waals surface area contributed by atoms with Gasteiger partial charge in [-0.15, -0.1) is 10.2 Å². The van der Waals surface area contributed by atoms with Crippen molar-refractivity contribution >= 4 is 5.91 Å². The number of likely N-dealkylation sites (tertiary alicyclic amines) is 1. The Morgan fingerprint density at radius 1 is 1.07 bits per heavy atom. The molecular formula is C17H17F6N5O. The van der Waals surface area contributed by atoms with E-state index in [9.17, 15) is 31.1 Å². The van der Waals surface area contributed by atoms with Crippen molar-refractivity contribution in [2.24, 2.45) is 5.41 Å². The molecule has 0 bridgehead atoms. The Labute approximate surface area is 161 Å². The zero-order chi connectivity index (χ0) is 21.3. The van der Waals surface area contributed by atoms with Crippen molar-refractivity contribution in [3.63, 3.8) is 0 Å². The minimum Gasteiger partial charge on any atom is -0.341 e. The molecule has 0 N–H and O–H groups in total. The fraction of sp³-hybridized carbons (Fsp3) is 0.529. The van der Waals surface area contributed by atoms with Gasteiger partial charge in [-0.25, -0.2) is 0 Å². The molecule has 1 aromatic heterocycles. The van der Waals surface area contributed by atoms with Gasteiger partial charge in [-0.2, -0.15) is 31.1 Å². The van der Waals surface area contributed by atoms with Crippen LogP contribution < -0.4 is 0 Å². The highest BCUT2D eigenvalue weighted by molar-refractivity contribution is 5.76. The second-order valence-corrected chi connectivity index (χ2v) is 6.82. The van der Waals surface area contributed by atoms with Crippen LogP contribution in [0.15, 0.2) is 30.3 Å². The van der Waals surface area contributed by atoms with E-state index in [4.69, 9.17) is 0 Å². The zero-order valence-electron chi connectivity index (χ0n) is 15.0. The van der Waals surface area contributed by atoms with E-state index in [1.54, 1.807) is 24.3 Å². The standard InChI is InChI=1S/C17H17F6N5O/c18-16(19,20)15(17(21,22)23)8-10-27(11-15)13(29)7-4-9-28-25-14(24-26-28)12-5-2-1-3-6-12/h1-3,5-6H,4,7-11H2. The van der Waals surface area contributed by atoms with Crippen LogP contribution in [0.2, 0.25) is 0 Å². The fourth-order valence-corrected chi connectivity index (χ4v) is 3.22. The Morgan fingerprint density at radius 3 is 2.31 bits per heavy atom. The number of aromatic nitrogens is 4. The van der Waals surface area contributed by atoms with Gasteiger partial charge in [-0.3, -0.25) is 4.79 Å². The number of aryl methyl sites for hydroxylation is 1. The molecule has 0 atom stereocenters. The minimum absolute atomic E-state index is 0.156. The molecule has 2 aromatic rings. The van der Waals surface area contributed by atoms with Gasteiger partial charge in [0.25, 0.3) is 0 Å². The van der Waals surface area contributed by atoms with Gasteiger partial charge in [-0.1, -0.05) is 30.3 Å². The van der Waals surface area contributed by atoms with Gasteiger partial charge in [0.15, 0.2) is 5.41 Å². The maximum Gasteiger partial charge on any atom is 0.404 e. The average molecular weight is 421 g/mol. The number of halogens is 6. The third kappa shape index (κ3) is 4.20. The van der Waals surface area contributed by atoms with Crippen LogP contribution in [0.5, 0.6) is 0 Å². The van der Waals surface area contributed by atoms with Gasteiger partial charge in [0.1, 0.15) is 0 Å². The lowest BCUT2D eigenvalue weighted by Crippen LogP contribution is -2.52. The highest BCUT2D eigenvalue weighted by atomic mass is 19.4. The van der Waals surface area contributed by atoms with Crippen LogP contribution >= 0.6 is 0 Å². The molecule has 0 unspecified atom stereocenters. The quantitative estimate of drug-likeness (QED) is 0.694. The first-order valence-electron chi connectivity index (χ1n) is 8.78. The van der Waals surface area contributed by atoms with Crippen molar-refractivity contribution in [2.75, 3.05) is 13.1 Å². The summed E-state index contributed by atoms with van der Waals surface area (Å²) < 4.78 is 78.5. The molecule has 1 aliphatic rings. The molecule has 1 aliphatic heterocycles. The number of rotatable bonds is 5. The molecule has 29 heavy (non-hydrogen) atoms. The first kappa shape index (κ1) is 21.1. The minimum atomic E-state index is -5.47. The predicted molar refractivity (Wildman–Crippen MR) is 88.2 cm³/mol. The molecule has 1 amide bonds. The molecule has 1 saturated heterocycles. The van der Waals surface area contributed by atoms with E-state index in [1.165, 1.54) is 4.80 Å². The van der Waals surface area contributed by atoms with Crippen molar-refractivity contribution in [1.82, 2.24) is 25.1 Å². The van der Waals surface area contributed by atoms with E-state index in [2.05, 4.69) is 15.4 Å². The van der Waals surface area contributed by atoms with E-state index in [1.807, 2.05) is 6.07 Å². The SMILES string of the molecule is O=C(CCCn1nnc(-c2ccccc2)n1)N1CCC(C(F)(F)F)(C(F)(F)F)C1. The molecule has 6 nitrogen and oxygen atoms in total. The van der Waals surface area contributed by atoms with Crippen LogP contribution in [0.4, 0.5) is 26.3 Å². The summed E-state index contributed by atoms with van der Waals surface area (Å²) in [6.45, 7) is -1.83. The van der Waals surface area contributed by atoms with Gasteiger partial charge in [0.2, 0.25) is 11.7 Å². The largest absolute Gasteiger partial charge is 0.404 e. The van der Waals surface area contributed by atoms with Gasteiger partial charge in [-0.05, 0) is 18.1 Å². The first-order valence-corrected chi connectivity index (χ1v) is 8.78. The zero-order valence-corrected chi connectivity index (χ0v) is 15.0. The Hall–Kier alpha value is -2.66. The highest BCUT2D eigenvalue weighted by Crippen LogP contribution is 2.55. The maximum absolute atomic E-state index is 13.1. The number of carbonyl (C=O) groups excluding carboxylic acids is 1. The number of amides is 1. The lowest BCUT2D eigenvalue weighted by Gasteiger charge is -2.33. The molecule has 0 saturated carbocycles. The molecule has 0 aliphatic carbocycles. The number of carbonyl (C=O) groups is 1. The van der Waals surface area contributed by atoms with Gasteiger partial charge in [0, 0.05) is 25.1 Å². The Kier molecular flexibility index (Phi) is 5.54. The molecule has 2 heterocycles. The smallest absolute Gasteiger partial charge is 0.341 e. The number of alkyl halides is 6. The van der Waals surface area contributed by atoms with E-state index in [-0.39, 0.29) is 19.4 Å². The first-order chi connectivity index (χ1) is 13.5. The molecule has 1 fully saturated rings. The second kappa shape index (κ2) is 7.64. The summed E-state index contributed by atoms with van der Waals surface area (Å²) >= 11 is 0. The van der Waals surface area contributed by atoms with Crippen LogP contribution in [0.25, 0.3) is 11.4 Å². The molecule has 158 valence electrons. The van der Waals surface area contributed by atoms with E-state index >= 15 is 0 Å². The molecule has 1 aromatic carbocycles. The molecule has 0 spiro atoms.